The Bertz CT molecular complexity index is 619. The van der Waals surface area contributed by atoms with Crippen molar-refractivity contribution in [2.75, 3.05) is 20.8 Å². The fourth-order valence-corrected chi connectivity index (χ4v) is 1.98. The van der Waals surface area contributed by atoms with Gasteiger partial charge in [0.05, 0.1) is 19.5 Å². The Hall–Kier alpha value is -2.53. The molecular weight excluding hydrogens is 282 g/mol. The van der Waals surface area contributed by atoms with Gasteiger partial charge in [-0.2, -0.15) is 0 Å². The van der Waals surface area contributed by atoms with Crippen LogP contribution in [0.1, 0.15) is 17.4 Å². The maximum Gasteiger partial charge on any atom is 0.244 e. The average Bonchev–Trinajstić information content (AvgIpc) is 3.07. The maximum atomic E-state index is 11.8. The molecule has 0 bridgehead atoms. The predicted octanol–water partition coefficient (Wildman–Crippen LogP) is 2.81. The molecule has 0 spiro atoms. The van der Waals surface area contributed by atoms with E-state index in [9.17, 15) is 4.79 Å². The number of furan rings is 1. The van der Waals surface area contributed by atoms with Crippen molar-refractivity contribution in [2.45, 2.75) is 6.10 Å². The third kappa shape index (κ3) is 4.49. The molecule has 0 radical (unpaired) electrons. The molecule has 1 unspecified atom stereocenters. The molecule has 1 N–H and O–H groups in total. The first-order chi connectivity index (χ1) is 10.7. The van der Waals surface area contributed by atoms with E-state index in [0.717, 1.165) is 11.3 Å². The summed E-state index contributed by atoms with van der Waals surface area (Å²) in [6.45, 7) is 0.366. The first-order valence-corrected chi connectivity index (χ1v) is 6.89. The van der Waals surface area contributed by atoms with Crippen molar-refractivity contribution in [3.8, 4) is 5.75 Å². The SMILES string of the molecule is COc1cccc(C(CNC(=O)C=Cc2ccco2)OC)c1. The Labute approximate surface area is 129 Å². The monoisotopic (exact) mass is 301 g/mol. The van der Waals surface area contributed by atoms with Gasteiger partial charge in [0.15, 0.2) is 0 Å². The van der Waals surface area contributed by atoms with Gasteiger partial charge < -0.3 is 19.2 Å². The number of hydrogen-bond donors (Lipinski definition) is 1. The van der Waals surface area contributed by atoms with Gasteiger partial charge in [-0.1, -0.05) is 12.1 Å². The molecule has 1 amide bonds. The minimum absolute atomic E-state index is 0.207. The van der Waals surface area contributed by atoms with Gasteiger partial charge in [-0.05, 0) is 35.9 Å². The van der Waals surface area contributed by atoms with Crippen molar-refractivity contribution in [3.05, 3.63) is 60.1 Å². The van der Waals surface area contributed by atoms with Crippen LogP contribution in [-0.4, -0.2) is 26.7 Å². The van der Waals surface area contributed by atoms with Crippen LogP contribution in [-0.2, 0) is 9.53 Å². The lowest BCUT2D eigenvalue weighted by Crippen LogP contribution is -2.27. The Morgan fingerprint density at radius 2 is 2.18 bits per heavy atom. The number of ether oxygens (including phenoxy) is 2. The second-order valence-corrected chi connectivity index (χ2v) is 4.59. The van der Waals surface area contributed by atoms with Crippen LogP contribution in [0.25, 0.3) is 6.08 Å². The molecule has 1 aromatic heterocycles. The number of carbonyl (C=O) groups is 1. The van der Waals surface area contributed by atoms with Gasteiger partial charge in [-0.3, -0.25) is 4.79 Å². The molecule has 0 fully saturated rings. The van der Waals surface area contributed by atoms with Crippen LogP contribution in [0.15, 0.2) is 53.2 Å². The van der Waals surface area contributed by atoms with Crippen LogP contribution >= 0.6 is 0 Å². The highest BCUT2D eigenvalue weighted by Gasteiger charge is 2.12. The summed E-state index contributed by atoms with van der Waals surface area (Å²) in [5, 5.41) is 2.80. The lowest BCUT2D eigenvalue weighted by atomic mass is 10.1. The number of amides is 1. The van der Waals surface area contributed by atoms with Crippen LogP contribution in [0.4, 0.5) is 0 Å². The Morgan fingerprint density at radius 3 is 2.86 bits per heavy atom. The number of rotatable bonds is 7. The van der Waals surface area contributed by atoms with Crippen LogP contribution in [0.2, 0.25) is 0 Å². The molecule has 116 valence electrons. The molecule has 5 nitrogen and oxygen atoms in total. The van der Waals surface area contributed by atoms with E-state index in [1.54, 1.807) is 38.7 Å². The summed E-state index contributed by atoms with van der Waals surface area (Å²) < 4.78 is 15.7. The number of carbonyl (C=O) groups excluding carboxylic acids is 1. The zero-order valence-corrected chi connectivity index (χ0v) is 12.6. The number of methoxy groups -OCH3 is 2. The van der Waals surface area contributed by atoms with Gasteiger partial charge in [-0.25, -0.2) is 0 Å². The fraction of sp³-hybridized carbons (Fsp3) is 0.235. The van der Waals surface area contributed by atoms with Crippen LogP contribution in [0.5, 0.6) is 5.75 Å². The summed E-state index contributed by atoms with van der Waals surface area (Å²) >= 11 is 0. The molecule has 22 heavy (non-hydrogen) atoms. The Morgan fingerprint density at radius 1 is 1.32 bits per heavy atom. The standard InChI is InChI=1S/C17H19NO4/c1-20-15-6-3-5-13(11-15)16(21-2)12-18-17(19)9-8-14-7-4-10-22-14/h3-11,16H,12H2,1-2H3,(H,18,19). The summed E-state index contributed by atoms with van der Waals surface area (Å²) in [6.07, 6.45) is 4.36. The largest absolute Gasteiger partial charge is 0.497 e. The molecule has 0 aliphatic rings. The molecule has 0 aliphatic carbocycles. The molecule has 0 saturated carbocycles. The highest BCUT2D eigenvalue weighted by molar-refractivity contribution is 5.91. The van der Waals surface area contributed by atoms with E-state index in [4.69, 9.17) is 13.9 Å². The molecule has 1 atom stereocenters. The summed E-state index contributed by atoms with van der Waals surface area (Å²) in [5.74, 6) is 1.18. The fourth-order valence-electron chi connectivity index (χ4n) is 1.98. The molecule has 5 heteroatoms. The lowest BCUT2D eigenvalue weighted by molar-refractivity contribution is -0.117. The van der Waals surface area contributed by atoms with Crippen LogP contribution in [0, 0.1) is 0 Å². The first kappa shape index (κ1) is 15.9. The van der Waals surface area contributed by atoms with Crippen molar-refractivity contribution in [3.63, 3.8) is 0 Å². The van der Waals surface area contributed by atoms with E-state index < -0.39 is 0 Å². The average molecular weight is 301 g/mol. The third-order valence-electron chi connectivity index (χ3n) is 3.15. The van der Waals surface area contributed by atoms with Gasteiger partial charge in [0, 0.05) is 19.7 Å². The zero-order chi connectivity index (χ0) is 15.8. The lowest BCUT2D eigenvalue weighted by Gasteiger charge is -2.16. The second-order valence-electron chi connectivity index (χ2n) is 4.59. The molecule has 0 aliphatic heterocycles. The van der Waals surface area contributed by atoms with E-state index in [1.165, 1.54) is 6.08 Å². The molecule has 1 heterocycles. The summed E-state index contributed by atoms with van der Waals surface area (Å²) in [5.41, 5.74) is 0.942. The van der Waals surface area contributed by atoms with E-state index in [0.29, 0.717) is 12.3 Å². The van der Waals surface area contributed by atoms with E-state index in [1.807, 2.05) is 24.3 Å². The van der Waals surface area contributed by atoms with E-state index in [-0.39, 0.29) is 12.0 Å². The third-order valence-corrected chi connectivity index (χ3v) is 3.15. The quantitative estimate of drug-likeness (QED) is 0.799. The zero-order valence-electron chi connectivity index (χ0n) is 12.6. The normalized spacial score (nSPS) is 12.3. The summed E-state index contributed by atoms with van der Waals surface area (Å²) in [6, 6.07) is 11.1. The molecule has 1 aromatic carbocycles. The Kier molecular flexibility index (Phi) is 5.80. The molecule has 2 aromatic rings. The van der Waals surface area contributed by atoms with Crippen molar-refractivity contribution in [2.24, 2.45) is 0 Å². The Balaban J connectivity index is 1.91. The minimum atomic E-state index is -0.240. The van der Waals surface area contributed by atoms with Crippen molar-refractivity contribution >= 4 is 12.0 Å². The van der Waals surface area contributed by atoms with Crippen molar-refractivity contribution < 1.29 is 18.7 Å². The van der Waals surface area contributed by atoms with E-state index >= 15 is 0 Å². The van der Waals surface area contributed by atoms with Gasteiger partial charge in [0.1, 0.15) is 11.5 Å². The maximum absolute atomic E-state index is 11.8. The molecule has 2 rings (SSSR count). The van der Waals surface area contributed by atoms with E-state index in [2.05, 4.69) is 5.32 Å². The topological polar surface area (TPSA) is 60.7 Å². The van der Waals surface area contributed by atoms with Crippen LogP contribution in [0.3, 0.4) is 0 Å². The summed E-state index contributed by atoms with van der Waals surface area (Å²) in [4.78, 5) is 11.8. The highest BCUT2D eigenvalue weighted by Crippen LogP contribution is 2.20. The number of nitrogens with one attached hydrogen (secondary N) is 1. The van der Waals surface area contributed by atoms with Gasteiger partial charge in [-0.15, -0.1) is 0 Å². The number of hydrogen-bond acceptors (Lipinski definition) is 4. The minimum Gasteiger partial charge on any atom is -0.497 e. The summed E-state index contributed by atoms with van der Waals surface area (Å²) in [7, 11) is 3.22. The molecule has 0 saturated heterocycles. The smallest absolute Gasteiger partial charge is 0.244 e. The number of benzene rings is 1. The van der Waals surface area contributed by atoms with Crippen LogP contribution < -0.4 is 10.1 Å². The predicted molar refractivity (Wildman–Crippen MR) is 83.5 cm³/mol. The van der Waals surface area contributed by atoms with Gasteiger partial charge in [0.25, 0.3) is 0 Å². The van der Waals surface area contributed by atoms with Gasteiger partial charge in [0.2, 0.25) is 5.91 Å². The van der Waals surface area contributed by atoms with Gasteiger partial charge >= 0.3 is 0 Å². The molecular formula is C17H19NO4. The first-order valence-electron chi connectivity index (χ1n) is 6.89. The van der Waals surface area contributed by atoms with Crippen molar-refractivity contribution in [1.82, 2.24) is 5.32 Å². The van der Waals surface area contributed by atoms with Crippen molar-refractivity contribution in [1.29, 1.82) is 0 Å². The highest BCUT2D eigenvalue weighted by atomic mass is 16.5. The second kappa shape index (κ2) is 8.05.